The SMILES string of the molecule is CC(C)CCCCCCNc1cn[nH]c(=O)c1. The van der Waals surface area contributed by atoms with Gasteiger partial charge in [-0.15, -0.1) is 0 Å². The summed E-state index contributed by atoms with van der Waals surface area (Å²) in [6.45, 7) is 5.44. The molecule has 0 amide bonds. The fourth-order valence-corrected chi connectivity index (χ4v) is 1.74. The largest absolute Gasteiger partial charge is 0.384 e. The summed E-state index contributed by atoms with van der Waals surface area (Å²) >= 11 is 0. The van der Waals surface area contributed by atoms with Crippen molar-refractivity contribution in [3.8, 4) is 0 Å². The van der Waals surface area contributed by atoms with Crippen LogP contribution in [0.15, 0.2) is 17.1 Å². The van der Waals surface area contributed by atoms with Crippen LogP contribution in [0.4, 0.5) is 5.69 Å². The number of rotatable bonds is 8. The van der Waals surface area contributed by atoms with Gasteiger partial charge in [-0.3, -0.25) is 4.79 Å². The number of H-pyrrole nitrogens is 1. The van der Waals surface area contributed by atoms with E-state index >= 15 is 0 Å². The van der Waals surface area contributed by atoms with E-state index in [-0.39, 0.29) is 5.56 Å². The Hall–Kier alpha value is -1.32. The monoisotopic (exact) mass is 237 g/mol. The lowest BCUT2D eigenvalue weighted by Crippen LogP contribution is -2.09. The van der Waals surface area contributed by atoms with Gasteiger partial charge in [-0.1, -0.05) is 39.5 Å². The zero-order valence-corrected chi connectivity index (χ0v) is 10.8. The summed E-state index contributed by atoms with van der Waals surface area (Å²) < 4.78 is 0. The summed E-state index contributed by atoms with van der Waals surface area (Å²) in [6, 6.07) is 1.53. The first-order chi connectivity index (χ1) is 8.18. The average Bonchev–Trinajstić information content (AvgIpc) is 2.27. The fourth-order valence-electron chi connectivity index (χ4n) is 1.74. The van der Waals surface area contributed by atoms with Crippen LogP contribution in [-0.2, 0) is 0 Å². The smallest absolute Gasteiger partial charge is 0.266 e. The van der Waals surface area contributed by atoms with E-state index in [2.05, 4.69) is 29.4 Å². The molecule has 1 rings (SSSR count). The third-order valence-corrected chi connectivity index (χ3v) is 2.70. The van der Waals surface area contributed by atoms with Crippen molar-refractivity contribution in [3.63, 3.8) is 0 Å². The van der Waals surface area contributed by atoms with Crippen LogP contribution in [0.5, 0.6) is 0 Å². The molecule has 0 aliphatic heterocycles. The lowest BCUT2D eigenvalue weighted by Gasteiger charge is -2.06. The highest BCUT2D eigenvalue weighted by molar-refractivity contribution is 5.38. The van der Waals surface area contributed by atoms with Crippen LogP contribution in [0.3, 0.4) is 0 Å². The maximum absolute atomic E-state index is 11.0. The lowest BCUT2D eigenvalue weighted by molar-refractivity contribution is 0.523. The molecule has 4 heteroatoms. The van der Waals surface area contributed by atoms with E-state index in [4.69, 9.17) is 0 Å². The number of nitrogens with zero attached hydrogens (tertiary/aromatic N) is 1. The maximum atomic E-state index is 11.0. The predicted octanol–water partition coefficient (Wildman–Crippen LogP) is 2.79. The van der Waals surface area contributed by atoms with Crippen LogP contribution >= 0.6 is 0 Å². The molecule has 0 aromatic carbocycles. The van der Waals surface area contributed by atoms with Crippen LogP contribution in [0.1, 0.15) is 46.0 Å². The summed E-state index contributed by atoms with van der Waals surface area (Å²) in [5.41, 5.74) is 0.642. The Morgan fingerprint density at radius 2 is 2.06 bits per heavy atom. The highest BCUT2D eigenvalue weighted by Crippen LogP contribution is 2.09. The second-order valence-corrected chi connectivity index (χ2v) is 4.86. The van der Waals surface area contributed by atoms with Crippen molar-refractivity contribution < 1.29 is 0 Å². The zero-order chi connectivity index (χ0) is 12.5. The Labute approximate surface area is 103 Å². The van der Waals surface area contributed by atoms with Gasteiger partial charge >= 0.3 is 0 Å². The Kier molecular flexibility index (Phi) is 6.37. The molecule has 0 spiro atoms. The van der Waals surface area contributed by atoms with Gasteiger partial charge in [0.1, 0.15) is 0 Å². The highest BCUT2D eigenvalue weighted by Gasteiger charge is 1.95. The van der Waals surface area contributed by atoms with Gasteiger partial charge in [-0.05, 0) is 12.3 Å². The Morgan fingerprint density at radius 1 is 1.29 bits per heavy atom. The molecule has 1 aromatic heterocycles. The third-order valence-electron chi connectivity index (χ3n) is 2.70. The van der Waals surface area contributed by atoms with Gasteiger partial charge in [0.15, 0.2) is 0 Å². The number of nitrogens with one attached hydrogen (secondary N) is 2. The van der Waals surface area contributed by atoms with Crippen LogP contribution in [0.25, 0.3) is 0 Å². The van der Waals surface area contributed by atoms with Crippen LogP contribution < -0.4 is 10.9 Å². The van der Waals surface area contributed by atoms with Gasteiger partial charge in [0, 0.05) is 12.6 Å². The van der Waals surface area contributed by atoms with Crippen LogP contribution in [0.2, 0.25) is 0 Å². The lowest BCUT2D eigenvalue weighted by atomic mass is 10.0. The number of aromatic nitrogens is 2. The van der Waals surface area contributed by atoms with Crippen molar-refractivity contribution in [2.45, 2.75) is 46.0 Å². The molecule has 0 radical (unpaired) electrons. The number of aromatic amines is 1. The van der Waals surface area contributed by atoms with Crippen molar-refractivity contribution in [2.24, 2.45) is 5.92 Å². The molecule has 0 unspecified atom stereocenters. The van der Waals surface area contributed by atoms with Gasteiger partial charge in [0.25, 0.3) is 5.56 Å². The van der Waals surface area contributed by atoms with E-state index in [0.29, 0.717) is 0 Å². The van der Waals surface area contributed by atoms with E-state index in [1.807, 2.05) is 0 Å². The van der Waals surface area contributed by atoms with Gasteiger partial charge in [0.2, 0.25) is 0 Å². The summed E-state index contributed by atoms with van der Waals surface area (Å²) in [4.78, 5) is 11.0. The van der Waals surface area contributed by atoms with Crippen molar-refractivity contribution in [1.29, 1.82) is 0 Å². The second kappa shape index (κ2) is 7.87. The van der Waals surface area contributed by atoms with Gasteiger partial charge < -0.3 is 5.32 Å². The molecule has 1 heterocycles. The van der Waals surface area contributed by atoms with Crippen LogP contribution in [-0.4, -0.2) is 16.7 Å². The minimum atomic E-state index is -0.160. The minimum absolute atomic E-state index is 0.160. The normalized spacial score (nSPS) is 10.8. The molecule has 0 aliphatic rings. The quantitative estimate of drug-likeness (QED) is 0.683. The molecule has 0 bridgehead atoms. The molecule has 0 atom stereocenters. The maximum Gasteiger partial charge on any atom is 0.266 e. The molecular formula is C13H23N3O. The van der Waals surface area contributed by atoms with E-state index in [1.54, 1.807) is 6.20 Å². The van der Waals surface area contributed by atoms with Crippen molar-refractivity contribution in [3.05, 3.63) is 22.6 Å². The minimum Gasteiger partial charge on any atom is -0.384 e. The van der Waals surface area contributed by atoms with E-state index in [0.717, 1.165) is 24.6 Å². The van der Waals surface area contributed by atoms with Crippen molar-refractivity contribution >= 4 is 5.69 Å². The number of hydrogen-bond donors (Lipinski definition) is 2. The molecule has 96 valence electrons. The Morgan fingerprint density at radius 3 is 2.76 bits per heavy atom. The van der Waals surface area contributed by atoms with E-state index in [1.165, 1.54) is 31.7 Å². The van der Waals surface area contributed by atoms with Gasteiger partial charge in [-0.25, -0.2) is 5.10 Å². The summed E-state index contributed by atoms with van der Waals surface area (Å²) in [7, 11) is 0. The topological polar surface area (TPSA) is 57.8 Å². The third kappa shape index (κ3) is 6.76. The van der Waals surface area contributed by atoms with Crippen LogP contribution in [0, 0.1) is 5.92 Å². The second-order valence-electron chi connectivity index (χ2n) is 4.86. The predicted molar refractivity (Wildman–Crippen MR) is 71.3 cm³/mol. The molecule has 17 heavy (non-hydrogen) atoms. The summed E-state index contributed by atoms with van der Waals surface area (Å²) in [6.07, 6.45) is 7.98. The molecule has 0 saturated carbocycles. The van der Waals surface area contributed by atoms with Crippen molar-refractivity contribution in [1.82, 2.24) is 10.2 Å². The number of anilines is 1. The van der Waals surface area contributed by atoms with Gasteiger partial charge in [0.05, 0.1) is 11.9 Å². The van der Waals surface area contributed by atoms with Gasteiger partial charge in [-0.2, -0.15) is 5.10 Å². The molecule has 0 aliphatic carbocycles. The standard InChI is InChI=1S/C13H23N3O/c1-11(2)7-5-3-4-6-8-14-12-9-13(17)16-15-10-12/h9-11H,3-8H2,1-2H3,(H2,14,16,17). The first-order valence-corrected chi connectivity index (χ1v) is 6.47. The average molecular weight is 237 g/mol. The molecular weight excluding hydrogens is 214 g/mol. The van der Waals surface area contributed by atoms with Crippen molar-refractivity contribution in [2.75, 3.05) is 11.9 Å². The Bertz CT molecular complexity index is 360. The molecule has 1 aromatic rings. The fraction of sp³-hybridized carbons (Fsp3) is 0.692. The summed E-state index contributed by atoms with van der Waals surface area (Å²) in [5, 5.41) is 9.29. The summed E-state index contributed by atoms with van der Waals surface area (Å²) in [5.74, 6) is 0.815. The molecule has 0 fully saturated rings. The number of hydrogen-bond acceptors (Lipinski definition) is 3. The van der Waals surface area contributed by atoms with E-state index in [9.17, 15) is 4.79 Å². The zero-order valence-electron chi connectivity index (χ0n) is 10.8. The van der Waals surface area contributed by atoms with E-state index < -0.39 is 0 Å². The molecule has 2 N–H and O–H groups in total. The Balaban J connectivity index is 2.03. The first kappa shape index (κ1) is 13.7. The first-order valence-electron chi connectivity index (χ1n) is 6.47. The highest BCUT2D eigenvalue weighted by atomic mass is 16.1. The molecule has 4 nitrogen and oxygen atoms in total. The molecule has 0 saturated heterocycles. The number of unbranched alkanes of at least 4 members (excludes halogenated alkanes) is 3.